The summed E-state index contributed by atoms with van der Waals surface area (Å²) in [6.45, 7) is 0.483. The van der Waals surface area contributed by atoms with Crippen LogP contribution in [0.3, 0.4) is 0 Å². The maximum absolute atomic E-state index is 11.8. The molecule has 4 nitrogen and oxygen atoms in total. The lowest BCUT2D eigenvalue weighted by Gasteiger charge is -2.11. The van der Waals surface area contributed by atoms with Crippen LogP contribution in [-0.2, 0) is 4.79 Å². The van der Waals surface area contributed by atoms with E-state index >= 15 is 0 Å². The molecular weight excluding hydrogens is 272 g/mol. The van der Waals surface area contributed by atoms with Crippen molar-refractivity contribution in [2.75, 3.05) is 11.9 Å². The highest BCUT2D eigenvalue weighted by atomic mass is 79.9. The van der Waals surface area contributed by atoms with Crippen LogP contribution in [-0.4, -0.2) is 29.7 Å². The molecule has 1 aromatic rings. The average Bonchev–Trinajstić information content (AvgIpc) is 2.65. The zero-order valence-corrected chi connectivity index (χ0v) is 10.2. The van der Waals surface area contributed by atoms with Crippen LogP contribution >= 0.6 is 15.9 Å². The second kappa shape index (κ2) is 4.95. The highest BCUT2D eigenvalue weighted by Gasteiger charge is 2.27. The van der Waals surface area contributed by atoms with Crippen LogP contribution in [0, 0.1) is 0 Å². The van der Waals surface area contributed by atoms with Gasteiger partial charge >= 0.3 is 0 Å². The molecule has 1 heterocycles. The molecule has 1 aliphatic heterocycles. The minimum absolute atomic E-state index is 0.102. The lowest BCUT2D eigenvalue weighted by molar-refractivity contribution is -0.117. The Hall–Kier alpha value is -0.910. The maximum atomic E-state index is 11.8. The molecule has 3 N–H and O–H groups in total. The number of β-amino-alcohol motifs (C(OH)–C–C–N with tert-alkyl or cyclic N) is 1. The normalized spacial score (nSPS) is 24.4. The Morgan fingerprint density at radius 1 is 1.56 bits per heavy atom. The van der Waals surface area contributed by atoms with Crippen molar-refractivity contribution in [3.63, 3.8) is 0 Å². The summed E-state index contributed by atoms with van der Waals surface area (Å²) in [6.07, 6.45) is 0.0538. The third-order valence-corrected chi connectivity index (χ3v) is 3.01. The first-order valence-electron chi connectivity index (χ1n) is 5.13. The lowest BCUT2D eigenvalue weighted by atomic mass is 10.2. The summed E-state index contributed by atoms with van der Waals surface area (Å²) in [6, 6.07) is 7.12. The van der Waals surface area contributed by atoms with Gasteiger partial charge < -0.3 is 15.7 Å². The van der Waals surface area contributed by atoms with E-state index in [0.29, 0.717) is 13.0 Å². The first kappa shape index (κ1) is 11.6. The predicted molar refractivity (Wildman–Crippen MR) is 65.2 cm³/mol. The molecule has 1 aliphatic rings. The van der Waals surface area contributed by atoms with Gasteiger partial charge in [0.2, 0.25) is 5.91 Å². The third kappa shape index (κ3) is 2.81. The fourth-order valence-electron chi connectivity index (χ4n) is 1.71. The molecule has 1 fully saturated rings. The van der Waals surface area contributed by atoms with Crippen molar-refractivity contribution in [2.24, 2.45) is 0 Å². The van der Waals surface area contributed by atoms with Crippen LogP contribution in [0.1, 0.15) is 6.42 Å². The number of nitrogens with one attached hydrogen (secondary N) is 2. The van der Waals surface area contributed by atoms with Crippen LogP contribution in [0.2, 0.25) is 0 Å². The van der Waals surface area contributed by atoms with Crippen LogP contribution in [0.25, 0.3) is 0 Å². The average molecular weight is 285 g/mol. The molecule has 1 amide bonds. The van der Waals surface area contributed by atoms with Crippen LogP contribution < -0.4 is 10.6 Å². The van der Waals surface area contributed by atoms with Crippen molar-refractivity contribution < 1.29 is 9.90 Å². The molecule has 16 heavy (non-hydrogen) atoms. The van der Waals surface area contributed by atoms with Gasteiger partial charge in [-0.15, -0.1) is 0 Å². The van der Waals surface area contributed by atoms with Crippen molar-refractivity contribution in [3.05, 3.63) is 28.7 Å². The molecular formula is C11H13BrN2O2. The summed E-state index contributed by atoms with van der Waals surface area (Å²) in [7, 11) is 0. The quantitative estimate of drug-likeness (QED) is 0.763. The molecule has 1 saturated heterocycles. The standard InChI is InChI=1S/C11H13BrN2O2/c12-7-2-1-3-8(4-7)14-11(16)10-5-9(15)6-13-10/h1-4,9-10,13,15H,5-6H2,(H,14,16). The summed E-state index contributed by atoms with van der Waals surface area (Å²) in [5, 5.41) is 15.1. The van der Waals surface area contributed by atoms with E-state index in [2.05, 4.69) is 26.6 Å². The van der Waals surface area contributed by atoms with Gasteiger partial charge in [0.25, 0.3) is 0 Å². The van der Waals surface area contributed by atoms with Gasteiger partial charge in [-0.1, -0.05) is 22.0 Å². The maximum Gasteiger partial charge on any atom is 0.241 e. The van der Waals surface area contributed by atoms with E-state index < -0.39 is 6.10 Å². The molecule has 0 radical (unpaired) electrons. The van der Waals surface area contributed by atoms with Crippen LogP contribution in [0.4, 0.5) is 5.69 Å². The molecule has 0 aromatic heterocycles. The van der Waals surface area contributed by atoms with Crippen molar-refractivity contribution in [2.45, 2.75) is 18.6 Å². The van der Waals surface area contributed by atoms with Crippen LogP contribution in [0.15, 0.2) is 28.7 Å². The number of aliphatic hydroxyl groups is 1. The number of rotatable bonds is 2. The molecule has 5 heteroatoms. The monoisotopic (exact) mass is 284 g/mol. The SMILES string of the molecule is O=C(Nc1cccc(Br)c1)C1CC(O)CN1. The summed E-state index contributed by atoms with van der Waals surface area (Å²) < 4.78 is 0.921. The number of hydrogen-bond acceptors (Lipinski definition) is 3. The van der Waals surface area contributed by atoms with E-state index in [1.54, 1.807) is 0 Å². The topological polar surface area (TPSA) is 61.4 Å². The summed E-state index contributed by atoms with van der Waals surface area (Å²) in [5.41, 5.74) is 0.752. The predicted octanol–water partition coefficient (Wildman–Crippen LogP) is 1.11. The van der Waals surface area contributed by atoms with Crippen molar-refractivity contribution >= 4 is 27.5 Å². The Morgan fingerprint density at radius 3 is 3.00 bits per heavy atom. The van der Waals surface area contributed by atoms with Gasteiger partial charge in [-0.05, 0) is 24.6 Å². The molecule has 1 aromatic carbocycles. The largest absolute Gasteiger partial charge is 0.392 e. The first-order chi connectivity index (χ1) is 7.65. The third-order valence-electron chi connectivity index (χ3n) is 2.52. The molecule has 0 bridgehead atoms. The second-order valence-electron chi connectivity index (χ2n) is 3.85. The number of carbonyl (C=O) groups excluding carboxylic acids is 1. The number of carbonyl (C=O) groups is 1. The summed E-state index contributed by atoms with van der Waals surface area (Å²) in [5.74, 6) is -0.102. The van der Waals surface area contributed by atoms with Gasteiger partial charge in [-0.3, -0.25) is 4.79 Å². The Kier molecular flexibility index (Phi) is 3.58. The zero-order valence-electron chi connectivity index (χ0n) is 8.61. The van der Waals surface area contributed by atoms with Crippen molar-refractivity contribution in [1.29, 1.82) is 0 Å². The van der Waals surface area contributed by atoms with Gasteiger partial charge in [0.05, 0.1) is 12.1 Å². The van der Waals surface area contributed by atoms with E-state index in [9.17, 15) is 9.90 Å². The number of halogens is 1. The van der Waals surface area contributed by atoms with E-state index in [1.807, 2.05) is 24.3 Å². The molecule has 86 valence electrons. The van der Waals surface area contributed by atoms with Crippen molar-refractivity contribution in [1.82, 2.24) is 5.32 Å². The Bertz CT molecular complexity index is 397. The van der Waals surface area contributed by atoms with E-state index in [0.717, 1.165) is 10.2 Å². The Labute approximate surface area is 102 Å². The molecule has 0 aliphatic carbocycles. The van der Waals surface area contributed by atoms with E-state index in [4.69, 9.17) is 0 Å². The number of hydrogen-bond donors (Lipinski definition) is 3. The Balaban J connectivity index is 1.97. The Morgan fingerprint density at radius 2 is 2.38 bits per heavy atom. The second-order valence-corrected chi connectivity index (χ2v) is 4.77. The molecule has 0 spiro atoms. The summed E-state index contributed by atoms with van der Waals surface area (Å²) >= 11 is 3.34. The number of amides is 1. The number of anilines is 1. The van der Waals surface area contributed by atoms with Crippen molar-refractivity contribution in [3.8, 4) is 0 Å². The summed E-state index contributed by atoms with van der Waals surface area (Å²) in [4.78, 5) is 11.8. The fraction of sp³-hybridized carbons (Fsp3) is 0.364. The van der Waals surface area contributed by atoms with Gasteiger partial charge in [0, 0.05) is 16.7 Å². The highest BCUT2D eigenvalue weighted by Crippen LogP contribution is 2.16. The molecule has 0 saturated carbocycles. The smallest absolute Gasteiger partial charge is 0.241 e. The van der Waals surface area contributed by atoms with E-state index in [1.165, 1.54) is 0 Å². The van der Waals surface area contributed by atoms with Gasteiger partial charge in [-0.2, -0.15) is 0 Å². The number of benzene rings is 1. The molecule has 2 rings (SSSR count). The lowest BCUT2D eigenvalue weighted by Crippen LogP contribution is -2.35. The first-order valence-corrected chi connectivity index (χ1v) is 5.92. The van der Waals surface area contributed by atoms with Gasteiger partial charge in [0.1, 0.15) is 0 Å². The zero-order chi connectivity index (χ0) is 11.5. The highest BCUT2D eigenvalue weighted by molar-refractivity contribution is 9.10. The molecule has 2 unspecified atom stereocenters. The van der Waals surface area contributed by atoms with E-state index in [-0.39, 0.29) is 11.9 Å². The minimum atomic E-state index is -0.418. The number of aliphatic hydroxyl groups excluding tert-OH is 1. The fourth-order valence-corrected chi connectivity index (χ4v) is 2.11. The molecule has 2 atom stereocenters. The van der Waals surface area contributed by atoms with Gasteiger partial charge in [-0.25, -0.2) is 0 Å². The minimum Gasteiger partial charge on any atom is -0.392 e. The van der Waals surface area contributed by atoms with Gasteiger partial charge in [0.15, 0.2) is 0 Å². The van der Waals surface area contributed by atoms with Crippen LogP contribution in [0.5, 0.6) is 0 Å².